The van der Waals surface area contributed by atoms with Crippen LogP contribution in [0.2, 0.25) is 0 Å². The fourth-order valence-electron chi connectivity index (χ4n) is 5.05. The fraction of sp³-hybridized carbons (Fsp3) is 0.500. The molecule has 1 N–H and O–H groups in total. The van der Waals surface area contributed by atoms with Crippen LogP contribution in [0.1, 0.15) is 57.1 Å². The van der Waals surface area contributed by atoms with Crippen LogP contribution in [0.3, 0.4) is 0 Å². The maximum Gasteiger partial charge on any atom is 0.244 e. The van der Waals surface area contributed by atoms with Crippen LogP contribution in [0.4, 0.5) is 5.69 Å². The molecular weight excluding hydrogens is 506 g/mol. The highest BCUT2D eigenvalue weighted by Crippen LogP contribution is 2.36. The third-order valence-corrected chi connectivity index (χ3v) is 8.89. The van der Waals surface area contributed by atoms with Gasteiger partial charge in [-0.1, -0.05) is 49.6 Å². The Morgan fingerprint density at radius 3 is 2.47 bits per heavy atom. The third-order valence-electron chi connectivity index (χ3n) is 7.15. The Morgan fingerprint density at radius 2 is 1.79 bits per heavy atom. The number of amides is 2. The van der Waals surface area contributed by atoms with E-state index in [1.165, 1.54) is 11.8 Å². The van der Waals surface area contributed by atoms with E-state index >= 15 is 0 Å². The van der Waals surface area contributed by atoms with Gasteiger partial charge in [-0.05, 0) is 50.8 Å². The van der Waals surface area contributed by atoms with Crippen LogP contribution in [0.5, 0.6) is 11.5 Å². The van der Waals surface area contributed by atoms with Crippen molar-refractivity contribution in [1.29, 1.82) is 0 Å². The molecule has 0 saturated heterocycles. The molecule has 9 nitrogen and oxygen atoms in total. The largest absolute Gasteiger partial charge is 0.454 e. The molecule has 1 aliphatic carbocycles. The van der Waals surface area contributed by atoms with Crippen molar-refractivity contribution in [2.75, 3.05) is 23.4 Å². The molecule has 2 aromatic carbocycles. The summed E-state index contributed by atoms with van der Waals surface area (Å²) < 4.78 is 38.2. The van der Waals surface area contributed by atoms with E-state index in [9.17, 15) is 18.0 Å². The molecule has 1 aliphatic heterocycles. The first-order valence-electron chi connectivity index (χ1n) is 13.3. The molecule has 1 heterocycles. The molecule has 2 amide bonds. The van der Waals surface area contributed by atoms with E-state index in [1.807, 2.05) is 38.1 Å². The Hall–Kier alpha value is -3.27. The second-order valence-corrected chi connectivity index (χ2v) is 12.1. The highest BCUT2D eigenvalue weighted by Gasteiger charge is 2.34. The molecule has 4 rings (SSSR count). The SMILES string of the molecule is CC[C@H](C(=O)NC1CCCC1)N(Cc1cccc(C)c1)C(=O)CN(c1ccc2c(c1)OCO2)S(=O)(=O)CC. The van der Waals surface area contributed by atoms with Gasteiger partial charge in [-0.2, -0.15) is 0 Å². The van der Waals surface area contributed by atoms with Gasteiger partial charge in [0.1, 0.15) is 12.6 Å². The van der Waals surface area contributed by atoms with Crippen molar-refractivity contribution in [2.45, 2.75) is 71.5 Å². The zero-order chi connectivity index (χ0) is 27.3. The Kier molecular flexibility index (Phi) is 8.81. The van der Waals surface area contributed by atoms with Crippen LogP contribution < -0.4 is 19.1 Å². The Balaban J connectivity index is 1.65. The number of nitrogens with one attached hydrogen (secondary N) is 1. The van der Waals surface area contributed by atoms with E-state index in [4.69, 9.17) is 9.47 Å². The molecule has 2 aromatic rings. The maximum atomic E-state index is 13.9. The number of carbonyl (C=O) groups is 2. The second kappa shape index (κ2) is 12.1. The molecule has 0 unspecified atom stereocenters. The average Bonchev–Trinajstić information content (AvgIpc) is 3.58. The summed E-state index contributed by atoms with van der Waals surface area (Å²) in [6.45, 7) is 5.18. The van der Waals surface area contributed by atoms with Crippen molar-refractivity contribution in [2.24, 2.45) is 0 Å². The minimum atomic E-state index is -3.82. The zero-order valence-electron chi connectivity index (χ0n) is 22.3. The number of nitrogens with zero attached hydrogens (tertiary/aromatic N) is 2. The number of carbonyl (C=O) groups excluding carboxylic acids is 2. The van der Waals surface area contributed by atoms with Crippen LogP contribution in [0.15, 0.2) is 42.5 Å². The van der Waals surface area contributed by atoms with Crippen LogP contribution in [-0.4, -0.2) is 56.3 Å². The highest BCUT2D eigenvalue weighted by molar-refractivity contribution is 7.92. The van der Waals surface area contributed by atoms with Crippen LogP contribution in [0.25, 0.3) is 0 Å². The van der Waals surface area contributed by atoms with Gasteiger partial charge in [-0.25, -0.2) is 8.42 Å². The summed E-state index contributed by atoms with van der Waals surface area (Å²) in [5.74, 6) is 0.101. The maximum absolute atomic E-state index is 13.9. The van der Waals surface area contributed by atoms with Gasteiger partial charge in [-0.3, -0.25) is 13.9 Å². The number of anilines is 1. The van der Waals surface area contributed by atoms with E-state index in [1.54, 1.807) is 18.2 Å². The summed E-state index contributed by atoms with van der Waals surface area (Å²) in [5, 5.41) is 3.12. The van der Waals surface area contributed by atoms with Crippen molar-refractivity contribution in [1.82, 2.24) is 10.2 Å². The molecule has 0 radical (unpaired) electrons. The summed E-state index contributed by atoms with van der Waals surface area (Å²) in [6.07, 6.45) is 4.42. The quantitative estimate of drug-likeness (QED) is 0.463. The monoisotopic (exact) mass is 543 g/mol. The van der Waals surface area contributed by atoms with Gasteiger partial charge in [-0.15, -0.1) is 0 Å². The van der Waals surface area contributed by atoms with Crippen molar-refractivity contribution in [3.63, 3.8) is 0 Å². The van der Waals surface area contributed by atoms with Crippen molar-refractivity contribution < 1.29 is 27.5 Å². The van der Waals surface area contributed by atoms with E-state index in [-0.39, 0.29) is 31.0 Å². The first-order chi connectivity index (χ1) is 18.2. The molecule has 2 aliphatic rings. The number of fused-ring (bicyclic) bond motifs is 1. The van der Waals surface area contributed by atoms with Crippen molar-refractivity contribution >= 4 is 27.5 Å². The summed E-state index contributed by atoms with van der Waals surface area (Å²) in [7, 11) is -3.82. The number of rotatable bonds is 11. The Bertz CT molecular complexity index is 1260. The lowest BCUT2D eigenvalue weighted by molar-refractivity contribution is -0.140. The minimum Gasteiger partial charge on any atom is -0.454 e. The van der Waals surface area contributed by atoms with Gasteiger partial charge >= 0.3 is 0 Å². The smallest absolute Gasteiger partial charge is 0.244 e. The highest BCUT2D eigenvalue weighted by atomic mass is 32.2. The fourth-order valence-corrected chi connectivity index (χ4v) is 6.11. The number of hydrogen-bond acceptors (Lipinski definition) is 6. The van der Waals surface area contributed by atoms with E-state index in [2.05, 4.69) is 5.32 Å². The van der Waals surface area contributed by atoms with E-state index in [0.717, 1.165) is 41.1 Å². The second-order valence-electron chi connectivity index (χ2n) is 9.87. The lowest BCUT2D eigenvalue weighted by Gasteiger charge is -2.33. The van der Waals surface area contributed by atoms with Crippen LogP contribution in [0, 0.1) is 6.92 Å². The summed E-state index contributed by atoms with van der Waals surface area (Å²) in [6, 6.07) is 11.9. The number of ether oxygens (including phenoxy) is 2. The molecule has 206 valence electrons. The number of aryl methyl sites for hydroxylation is 1. The van der Waals surface area contributed by atoms with Gasteiger partial charge in [0.05, 0.1) is 11.4 Å². The normalized spacial score (nSPS) is 15.8. The first-order valence-corrected chi connectivity index (χ1v) is 14.9. The molecule has 1 saturated carbocycles. The van der Waals surface area contributed by atoms with E-state index < -0.39 is 28.5 Å². The van der Waals surface area contributed by atoms with Gasteiger partial charge in [0.15, 0.2) is 11.5 Å². The molecule has 0 aromatic heterocycles. The Morgan fingerprint density at radius 1 is 1.05 bits per heavy atom. The topological polar surface area (TPSA) is 105 Å². The van der Waals surface area contributed by atoms with Crippen LogP contribution in [-0.2, 0) is 26.2 Å². The molecule has 1 atom stereocenters. The molecule has 0 spiro atoms. The Labute approximate surface area is 225 Å². The van der Waals surface area contributed by atoms with Crippen LogP contribution >= 0.6 is 0 Å². The summed E-state index contributed by atoms with van der Waals surface area (Å²) in [5.41, 5.74) is 2.22. The molecule has 38 heavy (non-hydrogen) atoms. The number of sulfonamides is 1. The van der Waals surface area contributed by atoms with E-state index in [0.29, 0.717) is 23.6 Å². The number of hydrogen-bond donors (Lipinski definition) is 1. The lowest BCUT2D eigenvalue weighted by Crippen LogP contribution is -2.53. The molecule has 10 heteroatoms. The van der Waals surface area contributed by atoms with Crippen molar-refractivity contribution in [3.05, 3.63) is 53.6 Å². The minimum absolute atomic E-state index is 0.0524. The predicted molar refractivity (Wildman–Crippen MR) is 146 cm³/mol. The van der Waals surface area contributed by atoms with Crippen molar-refractivity contribution in [3.8, 4) is 11.5 Å². The first kappa shape index (κ1) is 27.8. The molecule has 1 fully saturated rings. The van der Waals surface area contributed by atoms with Gasteiger partial charge in [0.25, 0.3) is 0 Å². The predicted octanol–water partition coefficient (Wildman–Crippen LogP) is 3.75. The molecular formula is C28H37N3O6S. The average molecular weight is 544 g/mol. The summed E-state index contributed by atoms with van der Waals surface area (Å²) in [4.78, 5) is 28.9. The van der Waals surface area contributed by atoms with Gasteiger partial charge in [0.2, 0.25) is 28.6 Å². The van der Waals surface area contributed by atoms with Gasteiger partial charge in [0, 0.05) is 18.7 Å². The lowest BCUT2D eigenvalue weighted by atomic mass is 10.1. The standard InChI is InChI=1S/C28H37N3O6S/c1-4-24(28(33)29-22-11-6-7-12-22)30(17-21-10-8-9-20(3)15-21)27(32)18-31(38(34,35)5-2)23-13-14-25-26(16-23)37-19-36-25/h8-10,13-16,22,24H,4-7,11-12,17-19H2,1-3H3,(H,29,33)/t24-/m1/s1. The number of benzene rings is 2. The third kappa shape index (κ3) is 6.40. The molecule has 0 bridgehead atoms. The summed E-state index contributed by atoms with van der Waals surface area (Å²) >= 11 is 0. The zero-order valence-corrected chi connectivity index (χ0v) is 23.1. The van der Waals surface area contributed by atoms with Gasteiger partial charge < -0.3 is 19.7 Å².